The van der Waals surface area contributed by atoms with Gasteiger partial charge in [0.05, 0.1) is 13.7 Å². The van der Waals surface area contributed by atoms with Gasteiger partial charge in [0, 0.05) is 18.4 Å². The van der Waals surface area contributed by atoms with Gasteiger partial charge in [-0.15, -0.1) is 0 Å². The summed E-state index contributed by atoms with van der Waals surface area (Å²) in [5, 5.41) is 9.17. The number of aliphatic hydroxyl groups excluding tert-OH is 1. The summed E-state index contributed by atoms with van der Waals surface area (Å²) in [4.78, 5) is 4.00. The molecule has 21 heavy (non-hydrogen) atoms. The molecule has 0 aliphatic rings. The zero-order valence-corrected chi connectivity index (χ0v) is 12.2. The zero-order valence-electron chi connectivity index (χ0n) is 12.2. The van der Waals surface area contributed by atoms with Gasteiger partial charge in [0.1, 0.15) is 6.10 Å². The Morgan fingerprint density at radius 2 is 1.90 bits per heavy atom. The summed E-state index contributed by atoms with van der Waals surface area (Å²) >= 11 is 0. The van der Waals surface area contributed by atoms with E-state index in [1.165, 1.54) is 0 Å². The first-order chi connectivity index (χ1) is 10.2. The fourth-order valence-electron chi connectivity index (χ4n) is 2.08. The molecular formula is C16H20N2O3. The highest BCUT2D eigenvalue weighted by molar-refractivity contribution is 5.43. The first-order valence-corrected chi connectivity index (χ1v) is 6.75. The molecule has 0 spiro atoms. The molecule has 0 aliphatic carbocycles. The molecule has 0 amide bonds. The van der Waals surface area contributed by atoms with E-state index in [4.69, 9.17) is 15.2 Å². The molecular weight excluding hydrogens is 268 g/mol. The number of nitrogens with two attached hydrogens (primary N) is 1. The van der Waals surface area contributed by atoms with Crippen molar-refractivity contribution in [3.63, 3.8) is 0 Å². The van der Waals surface area contributed by atoms with Gasteiger partial charge in [-0.05, 0) is 42.3 Å². The molecule has 5 heteroatoms. The van der Waals surface area contributed by atoms with Crippen molar-refractivity contribution in [1.29, 1.82) is 0 Å². The van der Waals surface area contributed by atoms with E-state index in [-0.39, 0.29) is 18.8 Å². The first kappa shape index (κ1) is 15.3. The van der Waals surface area contributed by atoms with Gasteiger partial charge in [-0.25, -0.2) is 0 Å². The number of hydrogen-bond donors (Lipinski definition) is 2. The van der Waals surface area contributed by atoms with Crippen LogP contribution >= 0.6 is 0 Å². The van der Waals surface area contributed by atoms with Crippen LogP contribution in [-0.2, 0) is 6.61 Å². The predicted molar refractivity (Wildman–Crippen MR) is 80.2 cm³/mol. The first-order valence-electron chi connectivity index (χ1n) is 6.75. The van der Waals surface area contributed by atoms with Gasteiger partial charge >= 0.3 is 0 Å². The van der Waals surface area contributed by atoms with Crippen molar-refractivity contribution in [3.8, 4) is 11.5 Å². The number of rotatable bonds is 6. The Morgan fingerprint density at radius 1 is 1.19 bits per heavy atom. The van der Waals surface area contributed by atoms with Crippen molar-refractivity contribution in [3.05, 3.63) is 53.9 Å². The fourth-order valence-corrected chi connectivity index (χ4v) is 2.08. The lowest BCUT2D eigenvalue weighted by Gasteiger charge is -2.24. The van der Waals surface area contributed by atoms with Gasteiger partial charge in [0.15, 0.2) is 11.5 Å². The van der Waals surface area contributed by atoms with E-state index in [1.807, 2.05) is 19.1 Å². The summed E-state index contributed by atoms with van der Waals surface area (Å²) in [7, 11) is 1.57. The summed E-state index contributed by atoms with van der Waals surface area (Å²) in [6, 6.07) is 8.88. The number of hydrogen-bond acceptors (Lipinski definition) is 5. The largest absolute Gasteiger partial charge is 0.493 e. The molecule has 2 aromatic rings. The monoisotopic (exact) mass is 288 g/mol. The van der Waals surface area contributed by atoms with E-state index in [9.17, 15) is 5.11 Å². The molecule has 0 radical (unpaired) electrons. The SMILES string of the molecule is COc1cc(CO)ccc1OC(c1ccncc1)C(C)N. The molecule has 0 saturated heterocycles. The Hall–Kier alpha value is -2.11. The molecule has 5 nitrogen and oxygen atoms in total. The highest BCUT2D eigenvalue weighted by Gasteiger charge is 2.20. The quantitative estimate of drug-likeness (QED) is 0.850. The van der Waals surface area contributed by atoms with Crippen LogP contribution in [0.15, 0.2) is 42.7 Å². The molecule has 0 aliphatic heterocycles. The van der Waals surface area contributed by atoms with Crippen LogP contribution < -0.4 is 15.2 Å². The second-order valence-corrected chi connectivity index (χ2v) is 4.82. The third kappa shape index (κ3) is 3.71. The Bertz CT molecular complexity index is 573. The lowest BCUT2D eigenvalue weighted by molar-refractivity contribution is 0.173. The summed E-state index contributed by atoms with van der Waals surface area (Å²) in [6.07, 6.45) is 3.11. The summed E-state index contributed by atoms with van der Waals surface area (Å²) in [5.41, 5.74) is 7.75. The number of nitrogens with zero attached hydrogens (tertiary/aromatic N) is 1. The van der Waals surface area contributed by atoms with Crippen LogP contribution in [0.5, 0.6) is 11.5 Å². The van der Waals surface area contributed by atoms with E-state index in [0.717, 1.165) is 11.1 Å². The van der Waals surface area contributed by atoms with Crippen molar-refractivity contribution in [1.82, 2.24) is 4.98 Å². The molecule has 0 bridgehead atoms. The van der Waals surface area contributed by atoms with Gasteiger partial charge in [-0.2, -0.15) is 0 Å². The van der Waals surface area contributed by atoms with Gasteiger partial charge in [-0.1, -0.05) is 6.07 Å². The molecule has 1 aromatic heterocycles. The van der Waals surface area contributed by atoms with Gasteiger partial charge < -0.3 is 20.3 Å². The number of aromatic nitrogens is 1. The Labute approximate surface area is 124 Å². The van der Waals surface area contributed by atoms with Crippen LogP contribution in [0.3, 0.4) is 0 Å². The number of benzene rings is 1. The average molecular weight is 288 g/mol. The maximum absolute atomic E-state index is 9.17. The summed E-state index contributed by atoms with van der Waals surface area (Å²) in [5.74, 6) is 1.16. The van der Waals surface area contributed by atoms with Crippen LogP contribution in [0.1, 0.15) is 24.2 Å². The molecule has 0 saturated carbocycles. The summed E-state index contributed by atoms with van der Waals surface area (Å²) in [6.45, 7) is 1.84. The van der Waals surface area contributed by atoms with Crippen LogP contribution in [0.4, 0.5) is 0 Å². The molecule has 1 heterocycles. The molecule has 2 atom stereocenters. The average Bonchev–Trinajstić information content (AvgIpc) is 2.53. The number of ether oxygens (including phenoxy) is 2. The lowest BCUT2D eigenvalue weighted by atomic mass is 10.1. The van der Waals surface area contributed by atoms with E-state index in [0.29, 0.717) is 11.5 Å². The predicted octanol–water partition coefficient (Wildman–Crippen LogP) is 2.05. The third-order valence-corrected chi connectivity index (χ3v) is 3.18. The molecule has 2 rings (SSSR count). The van der Waals surface area contributed by atoms with Gasteiger partial charge in [0.25, 0.3) is 0 Å². The van der Waals surface area contributed by atoms with E-state index in [2.05, 4.69) is 4.98 Å². The highest BCUT2D eigenvalue weighted by atomic mass is 16.5. The van der Waals surface area contributed by atoms with Crippen molar-refractivity contribution in [2.24, 2.45) is 5.73 Å². The van der Waals surface area contributed by atoms with E-state index in [1.54, 1.807) is 37.7 Å². The smallest absolute Gasteiger partial charge is 0.162 e. The van der Waals surface area contributed by atoms with Crippen LogP contribution in [0, 0.1) is 0 Å². The van der Waals surface area contributed by atoms with E-state index < -0.39 is 0 Å². The lowest BCUT2D eigenvalue weighted by Crippen LogP contribution is -2.29. The Balaban J connectivity index is 2.29. The fraction of sp³-hybridized carbons (Fsp3) is 0.312. The second-order valence-electron chi connectivity index (χ2n) is 4.82. The molecule has 1 aromatic carbocycles. The van der Waals surface area contributed by atoms with Crippen LogP contribution in [-0.4, -0.2) is 23.2 Å². The van der Waals surface area contributed by atoms with Crippen LogP contribution in [0.25, 0.3) is 0 Å². The Morgan fingerprint density at radius 3 is 2.48 bits per heavy atom. The number of pyridine rings is 1. The van der Waals surface area contributed by atoms with Crippen molar-refractivity contribution in [2.75, 3.05) is 7.11 Å². The summed E-state index contributed by atoms with van der Waals surface area (Å²) < 4.78 is 11.3. The molecule has 0 fully saturated rings. The minimum atomic E-state index is -0.304. The van der Waals surface area contributed by atoms with E-state index >= 15 is 0 Å². The number of aliphatic hydroxyl groups is 1. The van der Waals surface area contributed by atoms with Gasteiger partial charge in [0.2, 0.25) is 0 Å². The van der Waals surface area contributed by atoms with Crippen molar-refractivity contribution in [2.45, 2.75) is 25.7 Å². The van der Waals surface area contributed by atoms with Gasteiger partial charge in [-0.3, -0.25) is 4.98 Å². The minimum Gasteiger partial charge on any atom is -0.493 e. The normalized spacial score (nSPS) is 13.5. The zero-order chi connectivity index (χ0) is 15.2. The number of methoxy groups -OCH3 is 1. The van der Waals surface area contributed by atoms with Crippen molar-refractivity contribution >= 4 is 0 Å². The maximum atomic E-state index is 9.17. The third-order valence-electron chi connectivity index (χ3n) is 3.18. The second kappa shape index (κ2) is 7.06. The van der Waals surface area contributed by atoms with Crippen molar-refractivity contribution < 1.29 is 14.6 Å². The molecule has 112 valence electrons. The molecule has 3 N–H and O–H groups in total. The minimum absolute atomic E-state index is 0.0439. The standard InChI is InChI=1S/C16H20N2O3/c1-11(17)16(13-5-7-18-8-6-13)21-14-4-3-12(10-19)9-15(14)20-2/h3-9,11,16,19H,10,17H2,1-2H3. The topological polar surface area (TPSA) is 77.6 Å². The van der Waals surface area contributed by atoms with Crippen LogP contribution in [0.2, 0.25) is 0 Å². The Kier molecular flexibility index (Phi) is 5.14. The molecule has 2 unspecified atom stereocenters. The maximum Gasteiger partial charge on any atom is 0.162 e. The highest BCUT2D eigenvalue weighted by Crippen LogP contribution is 2.33.